The van der Waals surface area contributed by atoms with Crippen molar-refractivity contribution in [2.24, 2.45) is 0 Å². The third-order valence-corrected chi connectivity index (χ3v) is 5.77. The zero-order valence-electron chi connectivity index (χ0n) is 14.1. The Bertz CT molecular complexity index is 854. The third-order valence-electron chi connectivity index (χ3n) is 3.98. The van der Waals surface area contributed by atoms with Gasteiger partial charge in [0, 0.05) is 22.9 Å². The summed E-state index contributed by atoms with van der Waals surface area (Å²) in [6.07, 6.45) is 0. The zero-order chi connectivity index (χ0) is 17.3. The molecule has 0 radical (unpaired) electrons. The lowest BCUT2D eigenvalue weighted by Crippen LogP contribution is -2.30. The van der Waals surface area contributed by atoms with Crippen LogP contribution in [0, 0.1) is 13.8 Å². The molecule has 1 amide bonds. The van der Waals surface area contributed by atoms with E-state index in [1.807, 2.05) is 63.5 Å². The number of aryl methyl sites for hydroxylation is 2. The van der Waals surface area contributed by atoms with Crippen LogP contribution in [0.2, 0.25) is 0 Å². The van der Waals surface area contributed by atoms with E-state index in [9.17, 15) is 4.79 Å². The van der Waals surface area contributed by atoms with E-state index in [4.69, 9.17) is 0 Å². The van der Waals surface area contributed by atoms with E-state index >= 15 is 0 Å². The van der Waals surface area contributed by atoms with Gasteiger partial charge in [0.2, 0.25) is 0 Å². The molecule has 1 aromatic carbocycles. The van der Waals surface area contributed by atoms with Crippen molar-refractivity contribution >= 4 is 28.6 Å². The first-order valence-electron chi connectivity index (χ1n) is 7.69. The molecule has 6 heteroatoms. The van der Waals surface area contributed by atoms with Crippen LogP contribution >= 0.6 is 22.7 Å². The van der Waals surface area contributed by atoms with Crippen molar-refractivity contribution in [2.45, 2.75) is 26.8 Å². The molecular formula is C18H19N3OS2. The molecule has 0 N–H and O–H groups in total. The highest BCUT2D eigenvalue weighted by Gasteiger charge is 2.24. The minimum absolute atomic E-state index is 0.0778. The average Bonchev–Trinajstić information content (AvgIpc) is 3.20. The first-order chi connectivity index (χ1) is 11.5. The average molecular weight is 358 g/mol. The van der Waals surface area contributed by atoms with Crippen LogP contribution < -0.4 is 0 Å². The maximum atomic E-state index is 12.8. The lowest BCUT2D eigenvalue weighted by atomic mass is 10.2. The summed E-state index contributed by atoms with van der Waals surface area (Å²) in [6, 6.07) is 9.84. The van der Waals surface area contributed by atoms with Crippen molar-refractivity contribution in [3.8, 4) is 10.6 Å². The number of carbonyl (C=O) groups excluding carboxylic acids is 1. The van der Waals surface area contributed by atoms with E-state index in [0.717, 1.165) is 26.1 Å². The summed E-state index contributed by atoms with van der Waals surface area (Å²) >= 11 is 3.15. The molecule has 0 aliphatic carbocycles. The van der Waals surface area contributed by atoms with Gasteiger partial charge in [-0.05, 0) is 20.8 Å². The summed E-state index contributed by atoms with van der Waals surface area (Å²) < 4.78 is 0. The highest BCUT2D eigenvalue weighted by atomic mass is 32.1. The number of hydrogen-bond donors (Lipinski definition) is 0. The van der Waals surface area contributed by atoms with Gasteiger partial charge in [-0.1, -0.05) is 30.3 Å². The highest BCUT2D eigenvalue weighted by Crippen LogP contribution is 2.28. The number of nitrogens with zero attached hydrogens (tertiary/aromatic N) is 3. The molecule has 0 spiro atoms. The summed E-state index contributed by atoms with van der Waals surface area (Å²) in [4.78, 5) is 24.7. The molecule has 0 saturated heterocycles. The normalized spacial score (nSPS) is 12.2. The fourth-order valence-electron chi connectivity index (χ4n) is 2.56. The van der Waals surface area contributed by atoms with Crippen LogP contribution in [0.3, 0.4) is 0 Å². The number of carbonyl (C=O) groups is 1. The molecule has 2 heterocycles. The third kappa shape index (κ3) is 3.25. The highest BCUT2D eigenvalue weighted by molar-refractivity contribution is 7.13. The molecule has 1 atom stereocenters. The predicted octanol–water partition coefficient (Wildman–Crippen LogP) is 4.72. The van der Waals surface area contributed by atoms with Crippen LogP contribution in [-0.2, 0) is 0 Å². The molecule has 0 saturated carbocycles. The van der Waals surface area contributed by atoms with Gasteiger partial charge in [-0.2, -0.15) is 0 Å². The smallest absolute Gasteiger partial charge is 0.273 e. The van der Waals surface area contributed by atoms with E-state index in [2.05, 4.69) is 9.97 Å². The van der Waals surface area contributed by atoms with Crippen molar-refractivity contribution < 1.29 is 4.79 Å². The van der Waals surface area contributed by atoms with Gasteiger partial charge in [0.15, 0.2) is 0 Å². The van der Waals surface area contributed by atoms with Gasteiger partial charge in [-0.15, -0.1) is 22.7 Å². The summed E-state index contributed by atoms with van der Waals surface area (Å²) in [5.41, 5.74) is 2.48. The Hall–Kier alpha value is -2.05. The van der Waals surface area contributed by atoms with Gasteiger partial charge < -0.3 is 4.90 Å². The van der Waals surface area contributed by atoms with Crippen LogP contribution in [0.15, 0.2) is 35.7 Å². The maximum absolute atomic E-state index is 12.8. The quantitative estimate of drug-likeness (QED) is 0.679. The van der Waals surface area contributed by atoms with E-state index in [1.165, 1.54) is 11.3 Å². The number of hydrogen-bond acceptors (Lipinski definition) is 5. The lowest BCUT2D eigenvalue weighted by molar-refractivity contribution is 0.0734. The largest absolute Gasteiger partial charge is 0.332 e. The molecule has 3 aromatic rings. The Labute approximate surface area is 149 Å². The molecule has 1 unspecified atom stereocenters. The van der Waals surface area contributed by atoms with Crippen LogP contribution in [-0.4, -0.2) is 27.8 Å². The second-order valence-corrected chi connectivity index (χ2v) is 7.94. The molecule has 2 aromatic heterocycles. The van der Waals surface area contributed by atoms with Gasteiger partial charge in [-0.3, -0.25) is 4.79 Å². The van der Waals surface area contributed by atoms with Crippen molar-refractivity contribution in [2.75, 3.05) is 7.05 Å². The van der Waals surface area contributed by atoms with Crippen molar-refractivity contribution in [3.63, 3.8) is 0 Å². The van der Waals surface area contributed by atoms with Crippen molar-refractivity contribution in [3.05, 3.63) is 57.0 Å². The Morgan fingerprint density at radius 1 is 1.17 bits per heavy atom. The summed E-state index contributed by atoms with van der Waals surface area (Å²) in [5.74, 6) is -0.0778. The minimum atomic E-state index is -0.0793. The summed E-state index contributed by atoms with van der Waals surface area (Å²) in [7, 11) is 1.81. The number of benzene rings is 1. The summed E-state index contributed by atoms with van der Waals surface area (Å²) in [6.45, 7) is 6.04. The van der Waals surface area contributed by atoms with Crippen molar-refractivity contribution in [1.29, 1.82) is 0 Å². The second kappa shape index (κ2) is 6.83. The van der Waals surface area contributed by atoms with Gasteiger partial charge in [0.05, 0.1) is 16.7 Å². The maximum Gasteiger partial charge on any atom is 0.273 e. The van der Waals surface area contributed by atoms with E-state index in [-0.39, 0.29) is 11.9 Å². The Kier molecular flexibility index (Phi) is 4.78. The molecule has 0 aliphatic rings. The topological polar surface area (TPSA) is 46.1 Å². The molecule has 0 aliphatic heterocycles. The Morgan fingerprint density at radius 2 is 1.88 bits per heavy atom. The standard InChI is InChI=1S/C18H19N3OS2/c1-11(16-12(2)24-13(3)19-16)21(4)18(22)15-10-23-17(20-15)14-8-6-5-7-9-14/h5-11H,1-4H3. The molecule has 4 nitrogen and oxygen atoms in total. The zero-order valence-corrected chi connectivity index (χ0v) is 15.7. The number of aromatic nitrogens is 2. The fourth-order valence-corrected chi connectivity index (χ4v) is 4.27. The molecular weight excluding hydrogens is 338 g/mol. The minimum Gasteiger partial charge on any atom is -0.332 e. The number of thiazole rings is 2. The molecule has 0 fully saturated rings. The van der Waals surface area contributed by atoms with Crippen LogP contribution in [0.1, 0.15) is 39.0 Å². The van der Waals surface area contributed by atoms with Gasteiger partial charge in [0.1, 0.15) is 10.7 Å². The van der Waals surface area contributed by atoms with Gasteiger partial charge in [0.25, 0.3) is 5.91 Å². The predicted molar refractivity (Wildman–Crippen MR) is 99.6 cm³/mol. The van der Waals surface area contributed by atoms with Gasteiger partial charge in [-0.25, -0.2) is 9.97 Å². The molecule has 24 heavy (non-hydrogen) atoms. The monoisotopic (exact) mass is 357 g/mol. The van der Waals surface area contributed by atoms with Crippen molar-refractivity contribution in [1.82, 2.24) is 14.9 Å². The summed E-state index contributed by atoms with van der Waals surface area (Å²) in [5, 5.41) is 3.71. The molecule has 124 valence electrons. The number of rotatable bonds is 4. The van der Waals surface area contributed by atoms with E-state index in [1.54, 1.807) is 16.2 Å². The first-order valence-corrected chi connectivity index (χ1v) is 9.39. The van der Waals surface area contributed by atoms with Crippen LogP contribution in [0.25, 0.3) is 10.6 Å². The van der Waals surface area contributed by atoms with Gasteiger partial charge >= 0.3 is 0 Å². The van der Waals surface area contributed by atoms with Crippen LogP contribution in [0.4, 0.5) is 0 Å². The number of amides is 1. The second-order valence-electron chi connectivity index (χ2n) is 5.67. The Morgan fingerprint density at radius 3 is 2.50 bits per heavy atom. The van der Waals surface area contributed by atoms with E-state index in [0.29, 0.717) is 5.69 Å². The van der Waals surface area contributed by atoms with Crippen LogP contribution in [0.5, 0.6) is 0 Å². The SMILES string of the molecule is Cc1nc(C(C)N(C)C(=O)c2csc(-c3ccccc3)n2)c(C)s1. The lowest BCUT2D eigenvalue weighted by Gasteiger charge is -2.23. The van der Waals surface area contributed by atoms with E-state index < -0.39 is 0 Å². The molecule has 3 rings (SSSR count). The Balaban J connectivity index is 1.81. The fraction of sp³-hybridized carbons (Fsp3) is 0.278. The first kappa shape index (κ1) is 16.8. The molecule has 0 bridgehead atoms.